The molecule has 0 amide bonds. The summed E-state index contributed by atoms with van der Waals surface area (Å²) < 4.78 is 0. The zero-order valence-corrected chi connectivity index (χ0v) is 9.82. The molecule has 0 aromatic rings. The minimum Gasteiger partial charge on any atom is -0.409 e. The molecule has 0 aromatic carbocycles. The first-order chi connectivity index (χ1) is 7.20. The van der Waals surface area contributed by atoms with Gasteiger partial charge in [-0.2, -0.15) is 0 Å². The number of hydrogen-bond donors (Lipinski definition) is 2. The van der Waals surface area contributed by atoms with Crippen molar-refractivity contribution in [3.05, 3.63) is 0 Å². The summed E-state index contributed by atoms with van der Waals surface area (Å²) in [5.74, 6) is 0.331. The molecule has 1 fully saturated rings. The molecule has 1 aliphatic heterocycles. The van der Waals surface area contributed by atoms with E-state index >= 15 is 0 Å². The van der Waals surface area contributed by atoms with E-state index in [9.17, 15) is 0 Å². The van der Waals surface area contributed by atoms with Crippen LogP contribution in [-0.4, -0.2) is 34.6 Å². The Morgan fingerprint density at radius 2 is 2.33 bits per heavy atom. The molecule has 1 rings (SSSR count). The third kappa shape index (κ3) is 3.09. The largest absolute Gasteiger partial charge is 0.409 e. The van der Waals surface area contributed by atoms with Gasteiger partial charge in [-0.05, 0) is 32.7 Å². The highest BCUT2D eigenvalue weighted by Gasteiger charge is 2.27. The van der Waals surface area contributed by atoms with E-state index in [4.69, 9.17) is 10.9 Å². The summed E-state index contributed by atoms with van der Waals surface area (Å²) in [6, 6.07) is 0.672. The lowest BCUT2D eigenvalue weighted by Crippen LogP contribution is -2.50. The maximum Gasteiger partial charge on any atom is 0.156 e. The minimum absolute atomic E-state index is 0.0619. The maximum absolute atomic E-state index is 8.69. The SMILES string of the molecule is CCCC1CCCCN1C(C)C(N)=NO. The summed E-state index contributed by atoms with van der Waals surface area (Å²) >= 11 is 0. The lowest BCUT2D eigenvalue weighted by atomic mass is 9.96. The first-order valence-electron chi connectivity index (χ1n) is 5.93. The van der Waals surface area contributed by atoms with Crippen LogP contribution in [0.5, 0.6) is 0 Å². The molecule has 4 heteroatoms. The molecule has 2 unspecified atom stereocenters. The van der Waals surface area contributed by atoms with Gasteiger partial charge in [-0.3, -0.25) is 4.90 Å². The van der Waals surface area contributed by atoms with E-state index in [2.05, 4.69) is 17.0 Å². The van der Waals surface area contributed by atoms with Gasteiger partial charge >= 0.3 is 0 Å². The standard InChI is InChI=1S/C11H23N3O/c1-3-6-10-7-4-5-8-14(10)9(2)11(12)13-15/h9-10,15H,3-8H2,1-2H3,(H2,12,13). The first-order valence-corrected chi connectivity index (χ1v) is 5.93. The highest BCUT2D eigenvalue weighted by Crippen LogP contribution is 2.22. The second-order valence-corrected chi connectivity index (χ2v) is 4.38. The van der Waals surface area contributed by atoms with Crippen molar-refractivity contribution in [2.45, 2.75) is 58.0 Å². The Balaban J connectivity index is 2.62. The molecule has 0 aliphatic carbocycles. The van der Waals surface area contributed by atoms with E-state index < -0.39 is 0 Å². The predicted molar refractivity (Wildman–Crippen MR) is 62.1 cm³/mol. The molecule has 1 saturated heterocycles. The number of rotatable bonds is 4. The molecule has 1 aliphatic rings. The van der Waals surface area contributed by atoms with Crippen molar-refractivity contribution < 1.29 is 5.21 Å². The molecule has 0 saturated carbocycles. The van der Waals surface area contributed by atoms with Gasteiger partial charge in [0, 0.05) is 6.04 Å². The smallest absolute Gasteiger partial charge is 0.156 e. The Bertz CT molecular complexity index is 216. The molecular weight excluding hydrogens is 190 g/mol. The van der Waals surface area contributed by atoms with E-state index in [0.29, 0.717) is 11.9 Å². The van der Waals surface area contributed by atoms with Crippen LogP contribution in [0.2, 0.25) is 0 Å². The van der Waals surface area contributed by atoms with Gasteiger partial charge in [0.25, 0.3) is 0 Å². The second kappa shape index (κ2) is 5.95. The molecular formula is C11H23N3O. The topological polar surface area (TPSA) is 61.8 Å². The maximum atomic E-state index is 8.69. The van der Waals surface area contributed by atoms with Gasteiger partial charge in [0.05, 0.1) is 6.04 Å². The van der Waals surface area contributed by atoms with Crippen molar-refractivity contribution >= 4 is 5.84 Å². The third-order valence-electron chi connectivity index (χ3n) is 3.34. The average Bonchev–Trinajstić information content (AvgIpc) is 2.28. The quantitative estimate of drug-likeness (QED) is 0.324. The summed E-state index contributed by atoms with van der Waals surface area (Å²) in [7, 11) is 0. The van der Waals surface area contributed by atoms with Gasteiger partial charge in [-0.1, -0.05) is 24.9 Å². The average molecular weight is 213 g/mol. The third-order valence-corrected chi connectivity index (χ3v) is 3.34. The number of oxime groups is 1. The molecule has 0 spiro atoms. The number of hydrogen-bond acceptors (Lipinski definition) is 3. The van der Waals surface area contributed by atoms with Crippen LogP contribution >= 0.6 is 0 Å². The Morgan fingerprint density at radius 3 is 2.93 bits per heavy atom. The zero-order valence-electron chi connectivity index (χ0n) is 9.82. The molecule has 0 aromatic heterocycles. The molecule has 2 atom stereocenters. The summed E-state index contributed by atoms with van der Waals surface area (Å²) in [5, 5.41) is 11.8. The number of nitrogens with two attached hydrogens (primary N) is 1. The van der Waals surface area contributed by atoms with E-state index in [0.717, 1.165) is 6.54 Å². The van der Waals surface area contributed by atoms with Gasteiger partial charge in [-0.15, -0.1) is 0 Å². The van der Waals surface area contributed by atoms with Crippen molar-refractivity contribution in [3.8, 4) is 0 Å². The van der Waals surface area contributed by atoms with Crippen LogP contribution in [0.3, 0.4) is 0 Å². The van der Waals surface area contributed by atoms with E-state index in [1.165, 1.54) is 32.1 Å². The minimum atomic E-state index is 0.0619. The van der Waals surface area contributed by atoms with Crippen molar-refractivity contribution in [2.24, 2.45) is 10.9 Å². The highest BCUT2D eigenvalue weighted by molar-refractivity contribution is 5.84. The number of piperidine rings is 1. The fourth-order valence-electron chi connectivity index (χ4n) is 2.43. The normalized spacial score (nSPS) is 26.5. The number of amidine groups is 1. The fraction of sp³-hybridized carbons (Fsp3) is 0.909. The highest BCUT2D eigenvalue weighted by atomic mass is 16.4. The fourth-order valence-corrected chi connectivity index (χ4v) is 2.43. The molecule has 15 heavy (non-hydrogen) atoms. The molecule has 1 heterocycles. The molecule has 3 N–H and O–H groups in total. The van der Waals surface area contributed by atoms with Crippen molar-refractivity contribution in [2.75, 3.05) is 6.54 Å². The van der Waals surface area contributed by atoms with Crippen LogP contribution in [0.4, 0.5) is 0 Å². The monoisotopic (exact) mass is 213 g/mol. The summed E-state index contributed by atoms with van der Waals surface area (Å²) in [6.07, 6.45) is 6.19. The Hall–Kier alpha value is -0.770. The summed E-state index contributed by atoms with van der Waals surface area (Å²) in [4.78, 5) is 2.38. The Morgan fingerprint density at radius 1 is 1.60 bits per heavy atom. The zero-order chi connectivity index (χ0) is 11.3. The Labute approximate surface area is 92.1 Å². The lowest BCUT2D eigenvalue weighted by molar-refractivity contribution is 0.122. The van der Waals surface area contributed by atoms with Crippen molar-refractivity contribution in [3.63, 3.8) is 0 Å². The molecule has 88 valence electrons. The number of nitrogens with zero attached hydrogens (tertiary/aromatic N) is 2. The first kappa shape index (κ1) is 12.3. The van der Waals surface area contributed by atoms with Gasteiger partial charge in [0.2, 0.25) is 0 Å². The van der Waals surface area contributed by atoms with Crippen molar-refractivity contribution in [1.82, 2.24) is 4.90 Å². The van der Waals surface area contributed by atoms with Gasteiger partial charge in [0.1, 0.15) is 0 Å². The molecule has 0 radical (unpaired) electrons. The second-order valence-electron chi connectivity index (χ2n) is 4.38. The predicted octanol–water partition coefficient (Wildman–Crippen LogP) is 1.78. The summed E-state index contributed by atoms with van der Waals surface area (Å²) in [6.45, 7) is 5.30. The van der Waals surface area contributed by atoms with Crippen molar-refractivity contribution in [1.29, 1.82) is 0 Å². The molecule has 4 nitrogen and oxygen atoms in total. The van der Waals surface area contributed by atoms with E-state index in [1.54, 1.807) is 0 Å². The van der Waals surface area contributed by atoms with Crippen LogP contribution in [0.25, 0.3) is 0 Å². The number of likely N-dealkylation sites (tertiary alicyclic amines) is 1. The van der Waals surface area contributed by atoms with Gasteiger partial charge < -0.3 is 10.9 Å². The van der Waals surface area contributed by atoms with Crippen LogP contribution in [0, 0.1) is 0 Å². The van der Waals surface area contributed by atoms with Crippen LogP contribution in [0.1, 0.15) is 46.0 Å². The molecule has 0 bridgehead atoms. The van der Waals surface area contributed by atoms with Crippen LogP contribution in [0.15, 0.2) is 5.16 Å². The van der Waals surface area contributed by atoms with Gasteiger partial charge in [-0.25, -0.2) is 0 Å². The lowest BCUT2D eigenvalue weighted by Gasteiger charge is -2.39. The summed E-state index contributed by atoms with van der Waals surface area (Å²) in [5.41, 5.74) is 5.66. The van der Waals surface area contributed by atoms with E-state index in [1.807, 2.05) is 6.92 Å². The van der Waals surface area contributed by atoms with Crippen LogP contribution in [-0.2, 0) is 0 Å². The Kier molecular flexibility index (Phi) is 4.88. The van der Waals surface area contributed by atoms with Crippen LogP contribution < -0.4 is 5.73 Å². The van der Waals surface area contributed by atoms with E-state index in [-0.39, 0.29) is 6.04 Å². The van der Waals surface area contributed by atoms with Gasteiger partial charge in [0.15, 0.2) is 5.84 Å².